The minimum Gasteiger partial charge on any atom is -0.312 e. The number of rotatable bonds is 2. The standard InChI is InChI=1S/C16H10BrNO2/c17-13-8-6-11(7-9-13)10-14-15(18-20-16(14)19)12-4-2-1-3-5-12/h1-10H/b14-10-. The lowest BCUT2D eigenvalue weighted by Gasteiger charge is -2.00. The van der Waals surface area contributed by atoms with Gasteiger partial charge in [0.05, 0.1) is 5.57 Å². The van der Waals surface area contributed by atoms with Gasteiger partial charge in [0.15, 0.2) is 0 Å². The second-order valence-corrected chi connectivity index (χ2v) is 5.21. The molecule has 0 atom stereocenters. The maximum absolute atomic E-state index is 11.8. The van der Waals surface area contributed by atoms with Crippen molar-refractivity contribution in [2.75, 3.05) is 0 Å². The van der Waals surface area contributed by atoms with E-state index in [0.717, 1.165) is 15.6 Å². The van der Waals surface area contributed by atoms with Crippen LogP contribution in [0.5, 0.6) is 0 Å². The smallest absolute Gasteiger partial charge is 0.312 e. The molecule has 98 valence electrons. The summed E-state index contributed by atoms with van der Waals surface area (Å²) in [5.74, 6) is -0.424. The lowest BCUT2D eigenvalue weighted by atomic mass is 10.0. The molecule has 1 heterocycles. The Bertz CT molecular complexity index is 703. The summed E-state index contributed by atoms with van der Waals surface area (Å²) in [6, 6.07) is 17.2. The van der Waals surface area contributed by atoms with Crippen molar-refractivity contribution in [2.45, 2.75) is 0 Å². The fourth-order valence-corrected chi connectivity index (χ4v) is 2.20. The second-order valence-electron chi connectivity index (χ2n) is 4.29. The van der Waals surface area contributed by atoms with Gasteiger partial charge in [-0.25, -0.2) is 4.79 Å². The van der Waals surface area contributed by atoms with Crippen molar-refractivity contribution in [3.8, 4) is 0 Å². The van der Waals surface area contributed by atoms with Crippen LogP contribution in [0.1, 0.15) is 11.1 Å². The molecule has 0 aliphatic carbocycles. The summed E-state index contributed by atoms with van der Waals surface area (Å²) in [5, 5.41) is 3.87. The minimum absolute atomic E-state index is 0.424. The minimum atomic E-state index is -0.424. The van der Waals surface area contributed by atoms with Crippen LogP contribution in [0, 0.1) is 0 Å². The molecule has 3 nitrogen and oxygen atoms in total. The number of hydrogen-bond acceptors (Lipinski definition) is 3. The third kappa shape index (κ3) is 2.56. The monoisotopic (exact) mass is 327 g/mol. The van der Waals surface area contributed by atoms with E-state index in [-0.39, 0.29) is 0 Å². The lowest BCUT2D eigenvalue weighted by Crippen LogP contribution is -2.06. The number of benzene rings is 2. The molecule has 0 saturated heterocycles. The van der Waals surface area contributed by atoms with Gasteiger partial charge >= 0.3 is 5.97 Å². The molecule has 0 amide bonds. The Kier molecular flexibility index (Phi) is 3.48. The number of oxime groups is 1. The van der Waals surface area contributed by atoms with E-state index in [0.29, 0.717) is 11.3 Å². The number of carbonyl (C=O) groups excluding carboxylic acids is 1. The number of carbonyl (C=O) groups is 1. The Morgan fingerprint density at radius 1 is 1.00 bits per heavy atom. The van der Waals surface area contributed by atoms with Gasteiger partial charge in [-0.1, -0.05) is 63.6 Å². The van der Waals surface area contributed by atoms with Crippen molar-refractivity contribution >= 4 is 33.7 Å². The van der Waals surface area contributed by atoms with Gasteiger partial charge in [0, 0.05) is 10.0 Å². The van der Waals surface area contributed by atoms with Crippen molar-refractivity contribution in [3.63, 3.8) is 0 Å². The molecule has 3 rings (SSSR count). The topological polar surface area (TPSA) is 38.7 Å². The molecule has 0 spiro atoms. The van der Waals surface area contributed by atoms with Crippen molar-refractivity contribution in [1.82, 2.24) is 0 Å². The van der Waals surface area contributed by atoms with E-state index in [9.17, 15) is 4.79 Å². The van der Waals surface area contributed by atoms with Crippen LogP contribution in [-0.4, -0.2) is 11.7 Å². The average molecular weight is 328 g/mol. The first-order valence-corrected chi connectivity index (χ1v) is 6.86. The van der Waals surface area contributed by atoms with Gasteiger partial charge in [-0.2, -0.15) is 0 Å². The quantitative estimate of drug-likeness (QED) is 0.621. The highest BCUT2D eigenvalue weighted by Gasteiger charge is 2.26. The predicted octanol–water partition coefficient (Wildman–Crippen LogP) is 3.79. The first kappa shape index (κ1) is 12.8. The summed E-state index contributed by atoms with van der Waals surface area (Å²) in [6.45, 7) is 0. The summed E-state index contributed by atoms with van der Waals surface area (Å²) in [6.07, 6.45) is 1.79. The molecule has 0 radical (unpaired) electrons. The van der Waals surface area contributed by atoms with Crippen LogP contribution in [-0.2, 0) is 9.63 Å². The fourth-order valence-electron chi connectivity index (χ4n) is 1.94. The van der Waals surface area contributed by atoms with Gasteiger partial charge in [-0.15, -0.1) is 0 Å². The van der Waals surface area contributed by atoms with Crippen LogP contribution < -0.4 is 0 Å². The zero-order chi connectivity index (χ0) is 13.9. The zero-order valence-electron chi connectivity index (χ0n) is 10.4. The SMILES string of the molecule is O=C1ON=C(c2ccccc2)/C1=C/c1ccc(Br)cc1. The van der Waals surface area contributed by atoms with E-state index in [2.05, 4.69) is 21.1 Å². The van der Waals surface area contributed by atoms with Gasteiger partial charge in [-0.05, 0) is 23.8 Å². The molecule has 0 bridgehead atoms. The van der Waals surface area contributed by atoms with Gasteiger partial charge in [0.2, 0.25) is 0 Å². The molecule has 4 heteroatoms. The van der Waals surface area contributed by atoms with Crippen molar-refractivity contribution in [2.24, 2.45) is 5.16 Å². The van der Waals surface area contributed by atoms with Gasteiger partial charge in [0.25, 0.3) is 0 Å². The highest BCUT2D eigenvalue weighted by atomic mass is 79.9. The molecule has 2 aromatic rings. The first-order valence-electron chi connectivity index (χ1n) is 6.06. The highest BCUT2D eigenvalue weighted by Crippen LogP contribution is 2.21. The maximum Gasteiger partial charge on any atom is 0.368 e. The lowest BCUT2D eigenvalue weighted by molar-refractivity contribution is -0.136. The van der Waals surface area contributed by atoms with E-state index in [1.54, 1.807) is 6.08 Å². The molecule has 0 fully saturated rings. The van der Waals surface area contributed by atoms with Crippen LogP contribution in [0.2, 0.25) is 0 Å². The van der Waals surface area contributed by atoms with Gasteiger partial charge < -0.3 is 4.84 Å². The zero-order valence-corrected chi connectivity index (χ0v) is 12.0. The van der Waals surface area contributed by atoms with E-state index < -0.39 is 5.97 Å². The largest absolute Gasteiger partial charge is 0.368 e. The Labute approximate surface area is 124 Å². The number of nitrogens with zero attached hydrogens (tertiary/aromatic N) is 1. The number of hydrogen-bond donors (Lipinski definition) is 0. The Morgan fingerprint density at radius 2 is 1.70 bits per heavy atom. The Hall–Kier alpha value is -2.20. The van der Waals surface area contributed by atoms with E-state index in [1.165, 1.54) is 0 Å². The third-order valence-electron chi connectivity index (χ3n) is 2.92. The molecular weight excluding hydrogens is 318 g/mol. The Balaban J connectivity index is 2.00. The molecule has 2 aromatic carbocycles. The van der Waals surface area contributed by atoms with Gasteiger partial charge in [0.1, 0.15) is 5.71 Å². The third-order valence-corrected chi connectivity index (χ3v) is 3.45. The van der Waals surface area contributed by atoms with Crippen LogP contribution in [0.4, 0.5) is 0 Å². The maximum atomic E-state index is 11.8. The fraction of sp³-hybridized carbons (Fsp3) is 0. The molecule has 0 aromatic heterocycles. The summed E-state index contributed by atoms with van der Waals surface area (Å²) >= 11 is 3.38. The van der Waals surface area contributed by atoms with Crippen LogP contribution in [0.3, 0.4) is 0 Å². The molecule has 1 aliphatic rings. The molecular formula is C16H10BrNO2. The summed E-state index contributed by atoms with van der Waals surface area (Å²) in [4.78, 5) is 16.6. The summed E-state index contributed by atoms with van der Waals surface area (Å²) < 4.78 is 0.991. The van der Waals surface area contributed by atoms with Crippen molar-refractivity contribution in [3.05, 3.63) is 75.8 Å². The number of halogens is 1. The molecule has 20 heavy (non-hydrogen) atoms. The van der Waals surface area contributed by atoms with Crippen molar-refractivity contribution < 1.29 is 9.63 Å². The van der Waals surface area contributed by atoms with Crippen LogP contribution in [0.15, 0.2) is 69.8 Å². The molecule has 0 unspecified atom stereocenters. The van der Waals surface area contributed by atoms with Crippen LogP contribution in [0.25, 0.3) is 6.08 Å². The molecule has 0 saturated carbocycles. The van der Waals surface area contributed by atoms with E-state index >= 15 is 0 Å². The van der Waals surface area contributed by atoms with E-state index in [1.807, 2.05) is 54.6 Å². The summed E-state index contributed by atoms with van der Waals surface area (Å²) in [5.41, 5.74) is 2.82. The first-order chi connectivity index (χ1) is 9.74. The summed E-state index contributed by atoms with van der Waals surface area (Å²) in [7, 11) is 0. The molecule has 0 N–H and O–H groups in total. The normalized spacial score (nSPS) is 16.1. The molecule has 1 aliphatic heterocycles. The average Bonchev–Trinajstić information content (AvgIpc) is 2.84. The van der Waals surface area contributed by atoms with Crippen molar-refractivity contribution in [1.29, 1.82) is 0 Å². The highest BCUT2D eigenvalue weighted by molar-refractivity contribution is 9.10. The predicted molar refractivity (Wildman–Crippen MR) is 81.2 cm³/mol. The van der Waals surface area contributed by atoms with Crippen LogP contribution >= 0.6 is 15.9 Å². The second kappa shape index (κ2) is 5.43. The Morgan fingerprint density at radius 3 is 2.40 bits per heavy atom. The van der Waals surface area contributed by atoms with Gasteiger partial charge in [-0.3, -0.25) is 0 Å². The van der Waals surface area contributed by atoms with E-state index in [4.69, 9.17) is 4.84 Å².